The van der Waals surface area contributed by atoms with E-state index in [9.17, 15) is 18.0 Å². The Hall–Kier alpha value is -2.71. The molecule has 1 aliphatic heterocycles. The third kappa shape index (κ3) is 4.17. The van der Waals surface area contributed by atoms with Crippen LogP contribution in [-0.4, -0.2) is 55.6 Å². The summed E-state index contributed by atoms with van der Waals surface area (Å²) in [7, 11) is -3.56. The smallest absolute Gasteiger partial charge is 0.253 e. The van der Waals surface area contributed by atoms with E-state index in [0.717, 1.165) is 37.7 Å². The number of nitrogens with one attached hydrogen (secondary N) is 1. The first-order chi connectivity index (χ1) is 15.4. The molecule has 2 amide bonds. The van der Waals surface area contributed by atoms with Gasteiger partial charge in [-0.1, -0.05) is 6.07 Å². The summed E-state index contributed by atoms with van der Waals surface area (Å²) in [6.07, 6.45) is 4.91. The van der Waals surface area contributed by atoms with E-state index in [4.69, 9.17) is 0 Å². The van der Waals surface area contributed by atoms with Crippen molar-refractivity contribution in [1.29, 1.82) is 0 Å². The van der Waals surface area contributed by atoms with Crippen LogP contribution in [0.15, 0.2) is 47.4 Å². The number of aryl methyl sites for hydroxylation is 2. The van der Waals surface area contributed by atoms with Gasteiger partial charge in [-0.05, 0) is 79.6 Å². The molecule has 0 unspecified atom stereocenters. The lowest BCUT2D eigenvalue weighted by atomic mass is 10.1. The van der Waals surface area contributed by atoms with Crippen LogP contribution >= 0.6 is 0 Å². The Kier molecular flexibility index (Phi) is 5.51. The minimum atomic E-state index is -3.56. The standard InChI is InChI=1S/C24H27N3O4S/c28-23(18-4-5-18)25-21-9-6-19(7-10-21)24(29)26-12-14-27(15-13-26)32(30,31)22-11-8-17-2-1-3-20(17)16-22/h6-11,16,18H,1-5,12-15H2,(H,25,28). The lowest BCUT2D eigenvalue weighted by molar-refractivity contribution is -0.117. The van der Waals surface area contributed by atoms with E-state index in [1.807, 2.05) is 12.1 Å². The van der Waals surface area contributed by atoms with Crippen LogP contribution in [0, 0.1) is 5.92 Å². The third-order valence-electron chi connectivity index (χ3n) is 6.58. The zero-order chi connectivity index (χ0) is 22.3. The highest BCUT2D eigenvalue weighted by Crippen LogP contribution is 2.30. The number of piperazine rings is 1. The van der Waals surface area contributed by atoms with Gasteiger partial charge in [0.1, 0.15) is 0 Å². The molecule has 0 bridgehead atoms. The molecular formula is C24H27N3O4S. The fourth-order valence-corrected chi connectivity index (χ4v) is 5.93. The Labute approximate surface area is 188 Å². The molecule has 1 saturated heterocycles. The summed E-state index contributed by atoms with van der Waals surface area (Å²) in [5.41, 5.74) is 3.60. The summed E-state index contributed by atoms with van der Waals surface area (Å²) in [5.74, 6) is 0.0325. The number of carbonyl (C=O) groups is 2. The third-order valence-corrected chi connectivity index (χ3v) is 8.48. The van der Waals surface area contributed by atoms with Crippen LogP contribution in [0.3, 0.4) is 0 Å². The van der Waals surface area contributed by atoms with E-state index >= 15 is 0 Å². The van der Waals surface area contributed by atoms with Crippen molar-refractivity contribution in [3.63, 3.8) is 0 Å². The van der Waals surface area contributed by atoms with Gasteiger partial charge >= 0.3 is 0 Å². The van der Waals surface area contributed by atoms with Crippen LogP contribution in [0.2, 0.25) is 0 Å². The van der Waals surface area contributed by atoms with E-state index in [2.05, 4.69) is 5.32 Å². The fraction of sp³-hybridized carbons (Fsp3) is 0.417. The largest absolute Gasteiger partial charge is 0.336 e. The highest BCUT2D eigenvalue weighted by molar-refractivity contribution is 7.89. The Morgan fingerprint density at radius 3 is 2.25 bits per heavy atom. The van der Waals surface area contributed by atoms with Crippen LogP contribution in [0.1, 0.15) is 40.7 Å². The van der Waals surface area contributed by atoms with E-state index in [0.29, 0.717) is 29.2 Å². The minimum Gasteiger partial charge on any atom is -0.336 e. The summed E-state index contributed by atoms with van der Waals surface area (Å²) < 4.78 is 27.7. The summed E-state index contributed by atoms with van der Waals surface area (Å²) in [4.78, 5) is 26.8. The Balaban J connectivity index is 1.20. The molecule has 0 radical (unpaired) electrons. The highest BCUT2D eigenvalue weighted by atomic mass is 32.2. The topological polar surface area (TPSA) is 86.8 Å². The van der Waals surface area contributed by atoms with Gasteiger partial charge in [0.25, 0.3) is 5.91 Å². The van der Waals surface area contributed by atoms with Gasteiger partial charge in [0, 0.05) is 43.3 Å². The number of benzene rings is 2. The number of carbonyl (C=O) groups excluding carboxylic acids is 2. The molecule has 7 nitrogen and oxygen atoms in total. The second kappa shape index (κ2) is 8.33. The molecule has 1 N–H and O–H groups in total. The predicted octanol–water partition coefficient (Wildman–Crippen LogP) is 2.67. The number of hydrogen-bond donors (Lipinski definition) is 1. The van der Waals surface area contributed by atoms with Crippen molar-refractivity contribution in [2.45, 2.75) is 37.0 Å². The number of amides is 2. The molecule has 5 rings (SSSR count). The molecule has 0 spiro atoms. The molecule has 168 valence electrons. The van der Waals surface area contributed by atoms with E-state index in [1.54, 1.807) is 35.2 Å². The molecular weight excluding hydrogens is 426 g/mol. The summed E-state index contributed by atoms with van der Waals surface area (Å²) in [6, 6.07) is 12.4. The quantitative estimate of drug-likeness (QED) is 0.754. The predicted molar refractivity (Wildman–Crippen MR) is 121 cm³/mol. The van der Waals surface area contributed by atoms with Crippen molar-refractivity contribution in [2.75, 3.05) is 31.5 Å². The first-order valence-electron chi connectivity index (χ1n) is 11.2. The molecule has 2 aromatic carbocycles. The molecule has 1 saturated carbocycles. The van der Waals surface area contributed by atoms with Gasteiger partial charge in [-0.2, -0.15) is 4.31 Å². The molecule has 2 aromatic rings. The van der Waals surface area contributed by atoms with E-state index in [1.165, 1.54) is 9.87 Å². The molecule has 1 heterocycles. The van der Waals surface area contributed by atoms with Crippen LogP contribution in [0.5, 0.6) is 0 Å². The number of fused-ring (bicyclic) bond motifs is 1. The van der Waals surface area contributed by atoms with Crippen molar-refractivity contribution in [1.82, 2.24) is 9.21 Å². The molecule has 2 fully saturated rings. The monoisotopic (exact) mass is 453 g/mol. The summed E-state index contributed by atoms with van der Waals surface area (Å²) in [6.45, 7) is 1.26. The van der Waals surface area contributed by atoms with Gasteiger partial charge in [0.05, 0.1) is 4.90 Å². The number of sulfonamides is 1. The lowest BCUT2D eigenvalue weighted by Crippen LogP contribution is -2.50. The van der Waals surface area contributed by atoms with E-state index < -0.39 is 10.0 Å². The first kappa shape index (κ1) is 21.2. The van der Waals surface area contributed by atoms with Crippen LogP contribution in [-0.2, 0) is 27.7 Å². The molecule has 8 heteroatoms. The molecule has 3 aliphatic rings. The number of anilines is 1. The SMILES string of the molecule is O=C(Nc1ccc(C(=O)N2CCN(S(=O)(=O)c3ccc4c(c3)CCC4)CC2)cc1)C1CC1. The second-order valence-corrected chi connectivity index (χ2v) is 10.8. The van der Waals surface area contributed by atoms with Gasteiger partial charge in [-0.3, -0.25) is 9.59 Å². The van der Waals surface area contributed by atoms with Gasteiger partial charge in [-0.15, -0.1) is 0 Å². The minimum absolute atomic E-state index is 0.0322. The van der Waals surface area contributed by atoms with Crippen LogP contribution in [0.25, 0.3) is 0 Å². The zero-order valence-corrected chi connectivity index (χ0v) is 18.7. The van der Waals surface area contributed by atoms with E-state index in [-0.39, 0.29) is 30.8 Å². The second-order valence-electron chi connectivity index (χ2n) is 8.82. The molecule has 32 heavy (non-hydrogen) atoms. The van der Waals surface area contributed by atoms with Crippen LogP contribution in [0.4, 0.5) is 5.69 Å². The van der Waals surface area contributed by atoms with Crippen molar-refractivity contribution < 1.29 is 18.0 Å². The molecule has 0 atom stereocenters. The van der Waals surface area contributed by atoms with Crippen molar-refractivity contribution in [3.05, 3.63) is 59.2 Å². The van der Waals surface area contributed by atoms with Gasteiger partial charge in [0.2, 0.25) is 15.9 Å². The van der Waals surface area contributed by atoms with Gasteiger partial charge in [-0.25, -0.2) is 8.42 Å². The summed E-state index contributed by atoms with van der Waals surface area (Å²) >= 11 is 0. The fourth-order valence-electron chi connectivity index (χ4n) is 4.46. The average Bonchev–Trinajstić information content (AvgIpc) is 3.56. The maximum atomic E-state index is 13.1. The maximum Gasteiger partial charge on any atom is 0.253 e. The van der Waals surface area contributed by atoms with Crippen molar-refractivity contribution in [2.24, 2.45) is 5.92 Å². The average molecular weight is 454 g/mol. The summed E-state index contributed by atoms with van der Waals surface area (Å²) in [5, 5.41) is 2.87. The normalized spacial score (nSPS) is 18.9. The van der Waals surface area contributed by atoms with Gasteiger partial charge < -0.3 is 10.2 Å². The number of rotatable bonds is 5. The lowest BCUT2D eigenvalue weighted by Gasteiger charge is -2.34. The van der Waals surface area contributed by atoms with Gasteiger partial charge in [0.15, 0.2) is 0 Å². The number of hydrogen-bond acceptors (Lipinski definition) is 4. The Morgan fingerprint density at radius 2 is 1.56 bits per heavy atom. The molecule has 0 aromatic heterocycles. The maximum absolute atomic E-state index is 13.1. The molecule has 2 aliphatic carbocycles. The van der Waals surface area contributed by atoms with Crippen LogP contribution < -0.4 is 5.32 Å². The zero-order valence-electron chi connectivity index (χ0n) is 17.9. The van der Waals surface area contributed by atoms with Crippen molar-refractivity contribution in [3.8, 4) is 0 Å². The Bertz CT molecular complexity index is 1150. The Morgan fingerprint density at radius 1 is 0.875 bits per heavy atom. The first-order valence-corrected chi connectivity index (χ1v) is 12.7. The number of nitrogens with zero attached hydrogens (tertiary/aromatic N) is 2. The highest BCUT2D eigenvalue weighted by Gasteiger charge is 2.32. The van der Waals surface area contributed by atoms with Crippen molar-refractivity contribution >= 4 is 27.5 Å².